The van der Waals surface area contributed by atoms with E-state index in [-0.39, 0.29) is 6.17 Å². The molecule has 1 saturated heterocycles. The summed E-state index contributed by atoms with van der Waals surface area (Å²) in [4.78, 5) is 8.10. The maximum absolute atomic E-state index is 12.8. The SMILES string of the molecule is CCN1c2cc(C(F)(F)F)cnc2N2CCNCC12. The van der Waals surface area contributed by atoms with E-state index in [1.807, 2.05) is 11.8 Å². The predicted octanol–water partition coefficient (Wildman–Crippen LogP) is 1.68. The smallest absolute Gasteiger partial charge is 0.347 e. The van der Waals surface area contributed by atoms with Gasteiger partial charge in [0.1, 0.15) is 6.17 Å². The minimum Gasteiger partial charge on any atom is -0.347 e. The van der Waals surface area contributed by atoms with Crippen molar-refractivity contribution in [2.24, 2.45) is 0 Å². The number of alkyl halides is 3. The van der Waals surface area contributed by atoms with Crippen molar-refractivity contribution in [3.8, 4) is 0 Å². The average molecular weight is 272 g/mol. The molecule has 104 valence electrons. The van der Waals surface area contributed by atoms with Crippen molar-refractivity contribution in [3.63, 3.8) is 0 Å². The first-order valence-electron chi connectivity index (χ1n) is 6.33. The number of nitrogens with one attached hydrogen (secondary N) is 1. The molecule has 4 nitrogen and oxygen atoms in total. The van der Waals surface area contributed by atoms with E-state index in [2.05, 4.69) is 15.2 Å². The van der Waals surface area contributed by atoms with Gasteiger partial charge in [-0.1, -0.05) is 0 Å². The van der Waals surface area contributed by atoms with Crippen molar-refractivity contribution >= 4 is 11.5 Å². The lowest BCUT2D eigenvalue weighted by atomic mass is 10.2. The number of nitrogens with zero attached hydrogens (tertiary/aromatic N) is 3. The molecule has 7 heteroatoms. The third kappa shape index (κ3) is 1.92. The molecule has 0 amide bonds. The van der Waals surface area contributed by atoms with Crippen LogP contribution in [-0.2, 0) is 6.18 Å². The van der Waals surface area contributed by atoms with Gasteiger partial charge < -0.3 is 15.1 Å². The van der Waals surface area contributed by atoms with Crippen LogP contribution in [0.15, 0.2) is 12.3 Å². The summed E-state index contributed by atoms with van der Waals surface area (Å²) >= 11 is 0. The second-order valence-corrected chi connectivity index (χ2v) is 4.73. The van der Waals surface area contributed by atoms with E-state index in [1.165, 1.54) is 6.07 Å². The molecule has 1 atom stereocenters. The van der Waals surface area contributed by atoms with Crippen LogP contribution in [0.1, 0.15) is 12.5 Å². The Hall–Kier alpha value is -1.50. The van der Waals surface area contributed by atoms with Gasteiger partial charge in [-0.15, -0.1) is 0 Å². The van der Waals surface area contributed by atoms with Gasteiger partial charge in [-0.3, -0.25) is 0 Å². The van der Waals surface area contributed by atoms with Crippen LogP contribution in [0, 0.1) is 0 Å². The highest BCUT2D eigenvalue weighted by atomic mass is 19.4. The van der Waals surface area contributed by atoms with Crippen molar-refractivity contribution in [2.45, 2.75) is 19.3 Å². The van der Waals surface area contributed by atoms with Gasteiger partial charge in [-0.2, -0.15) is 13.2 Å². The summed E-state index contributed by atoms with van der Waals surface area (Å²) in [6.45, 7) is 4.95. The molecule has 0 radical (unpaired) electrons. The summed E-state index contributed by atoms with van der Waals surface area (Å²) in [5.74, 6) is 0.668. The van der Waals surface area contributed by atoms with E-state index in [4.69, 9.17) is 0 Å². The van der Waals surface area contributed by atoms with E-state index < -0.39 is 11.7 Å². The maximum Gasteiger partial charge on any atom is 0.417 e. The van der Waals surface area contributed by atoms with E-state index in [1.54, 1.807) is 0 Å². The van der Waals surface area contributed by atoms with Crippen LogP contribution >= 0.6 is 0 Å². The summed E-state index contributed by atoms with van der Waals surface area (Å²) in [5, 5.41) is 3.27. The molecule has 2 aliphatic rings. The van der Waals surface area contributed by atoms with Crippen molar-refractivity contribution < 1.29 is 13.2 Å². The number of halogens is 3. The second kappa shape index (κ2) is 4.26. The van der Waals surface area contributed by atoms with Gasteiger partial charge in [0, 0.05) is 32.4 Å². The van der Waals surface area contributed by atoms with Crippen molar-refractivity contribution in [3.05, 3.63) is 17.8 Å². The molecule has 0 bridgehead atoms. The zero-order chi connectivity index (χ0) is 13.6. The minimum atomic E-state index is -4.34. The first kappa shape index (κ1) is 12.5. The topological polar surface area (TPSA) is 31.4 Å². The lowest BCUT2D eigenvalue weighted by Gasteiger charge is -2.35. The zero-order valence-corrected chi connectivity index (χ0v) is 10.5. The fraction of sp³-hybridized carbons (Fsp3) is 0.583. The van der Waals surface area contributed by atoms with Crippen molar-refractivity contribution in [2.75, 3.05) is 36.0 Å². The molecule has 1 unspecified atom stereocenters. The predicted molar refractivity (Wildman–Crippen MR) is 66.3 cm³/mol. The number of anilines is 2. The van der Waals surface area contributed by atoms with Crippen LogP contribution in [0.2, 0.25) is 0 Å². The van der Waals surface area contributed by atoms with Gasteiger partial charge in [0.15, 0.2) is 5.82 Å². The normalized spacial score (nSPS) is 22.4. The Balaban J connectivity index is 2.05. The lowest BCUT2D eigenvalue weighted by molar-refractivity contribution is -0.137. The Morgan fingerprint density at radius 1 is 1.47 bits per heavy atom. The van der Waals surface area contributed by atoms with Gasteiger partial charge in [-0.25, -0.2) is 4.98 Å². The van der Waals surface area contributed by atoms with Crippen LogP contribution in [0.25, 0.3) is 0 Å². The Morgan fingerprint density at radius 3 is 2.95 bits per heavy atom. The van der Waals surface area contributed by atoms with Gasteiger partial charge in [0.2, 0.25) is 0 Å². The molecule has 1 fully saturated rings. The quantitative estimate of drug-likeness (QED) is 0.843. The molecular weight excluding hydrogens is 257 g/mol. The molecule has 3 rings (SSSR count). The standard InChI is InChI=1S/C12H15F3N4/c1-2-18-9-5-8(12(13,14)15)6-17-11(9)19-4-3-16-7-10(18)19/h5-6,10,16H,2-4,7H2,1H3. The molecule has 3 heterocycles. The molecule has 0 spiro atoms. The van der Waals surface area contributed by atoms with Gasteiger partial charge in [0.05, 0.1) is 11.3 Å². The minimum absolute atomic E-state index is 0.0738. The Labute approximate surface area is 109 Å². The highest BCUT2D eigenvalue weighted by molar-refractivity contribution is 5.75. The number of rotatable bonds is 1. The van der Waals surface area contributed by atoms with Crippen LogP contribution in [0.4, 0.5) is 24.7 Å². The highest BCUT2D eigenvalue weighted by Gasteiger charge is 2.40. The van der Waals surface area contributed by atoms with Crippen molar-refractivity contribution in [1.82, 2.24) is 10.3 Å². The van der Waals surface area contributed by atoms with Crippen LogP contribution in [0.3, 0.4) is 0 Å². The third-order valence-electron chi connectivity index (χ3n) is 3.67. The summed E-state index contributed by atoms with van der Waals surface area (Å²) < 4.78 is 38.3. The molecule has 1 N–H and O–H groups in total. The summed E-state index contributed by atoms with van der Waals surface area (Å²) in [5.41, 5.74) is -0.0940. The van der Waals surface area contributed by atoms with E-state index >= 15 is 0 Å². The molecule has 19 heavy (non-hydrogen) atoms. The number of likely N-dealkylation sites (N-methyl/N-ethyl adjacent to an activating group) is 1. The van der Waals surface area contributed by atoms with Crippen molar-refractivity contribution in [1.29, 1.82) is 0 Å². The monoisotopic (exact) mass is 272 g/mol. The van der Waals surface area contributed by atoms with Crippen LogP contribution < -0.4 is 15.1 Å². The molecule has 1 aromatic heterocycles. The first-order valence-corrected chi connectivity index (χ1v) is 6.33. The van der Waals surface area contributed by atoms with E-state index in [9.17, 15) is 13.2 Å². The molecule has 1 aromatic rings. The number of aromatic nitrogens is 1. The Kier molecular flexibility index (Phi) is 2.81. The number of pyridine rings is 1. The van der Waals surface area contributed by atoms with Gasteiger partial charge in [-0.05, 0) is 13.0 Å². The van der Waals surface area contributed by atoms with Crippen LogP contribution in [-0.4, -0.2) is 37.3 Å². The molecule has 0 aromatic carbocycles. The Morgan fingerprint density at radius 2 is 2.26 bits per heavy atom. The van der Waals surface area contributed by atoms with E-state index in [0.717, 1.165) is 25.8 Å². The van der Waals surface area contributed by atoms with Crippen LogP contribution in [0.5, 0.6) is 0 Å². The molecule has 2 aliphatic heterocycles. The molecule has 0 saturated carbocycles. The fourth-order valence-electron chi connectivity index (χ4n) is 2.79. The molecule has 0 aliphatic carbocycles. The number of hydrogen-bond donors (Lipinski definition) is 1. The second-order valence-electron chi connectivity index (χ2n) is 4.73. The number of piperazine rings is 1. The largest absolute Gasteiger partial charge is 0.417 e. The summed E-state index contributed by atoms with van der Waals surface area (Å²) in [7, 11) is 0. The molecular formula is C12H15F3N4. The average Bonchev–Trinajstić information content (AvgIpc) is 2.70. The van der Waals surface area contributed by atoms with Gasteiger partial charge >= 0.3 is 6.18 Å². The summed E-state index contributed by atoms with van der Waals surface area (Å²) in [6.07, 6.45) is -3.34. The Bertz CT molecular complexity index is 488. The lowest BCUT2D eigenvalue weighted by Crippen LogP contribution is -2.56. The maximum atomic E-state index is 12.8. The number of fused-ring (bicyclic) bond motifs is 3. The third-order valence-corrected chi connectivity index (χ3v) is 3.67. The van der Waals surface area contributed by atoms with E-state index in [0.29, 0.717) is 18.1 Å². The zero-order valence-electron chi connectivity index (χ0n) is 10.5. The fourth-order valence-corrected chi connectivity index (χ4v) is 2.79. The summed E-state index contributed by atoms with van der Waals surface area (Å²) in [6, 6.07) is 1.21. The first-order chi connectivity index (χ1) is 9.02. The highest BCUT2D eigenvalue weighted by Crippen LogP contribution is 2.41. The van der Waals surface area contributed by atoms with Gasteiger partial charge in [0.25, 0.3) is 0 Å². The number of hydrogen-bond acceptors (Lipinski definition) is 4.